The molecule has 0 atom stereocenters. The van der Waals surface area contributed by atoms with E-state index in [4.69, 9.17) is 4.84 Å². The van der Waals surface area contributed by atoms with E-state index in [0.717, 1.165) is 29.1 Å². The van der Waals surface area contributed by atoms with Crippen LogP contribution in [0.5, 0.6) is 0 Å². The van der Waals surface area contributed by atoms with E-state index >= 15 is 0 Å². The smallest absolute Gasteiger partial charge is 0.142 e. The summed E-state index contributed by atoms with van der Waals surface area (Å²) in [6.07, 6.45) is 0. The molecule has 0 radical (unpaired) electrons. The van der Waals surface area contributed by atoms with E-state index in [0.29, 0.717) is 6.61 Å². The number of hydrogen-bond acceptors (Lipinski definition) is 3. The van der Waals surface area contributed by atoms with Crippen molar-refractivity contribution in [3.63, 3.8) is 0 Å². The lowest BCUT2D eigenvalue weighted by molar-refractivity contribution is 0.130. The van der Waals surface area contributed by atoms with Crippen LogP contribution in [0.1, 0.15) is 11.1 Å². The summed E-state index contributed by atoms with van der Waals surface area (Å²) in [4.78, 5) is 5.41. The zero-order chi connectivity index (χ0) is 12.2. The molecule has 18 heavy (non-hydrogen) atoms. The Hall–Kier alpha value is -2.29. The van der Waals surface area contributed by atoms with E-state index in [1.54, 1.807) is 0 Å². The predicted molar refractivity (Wildman–Crippen MR) is 72.7 cm³/mol. The first-order valence-corrected chi connectivity index (χ1v) is 5.99. The highest BCUT2D eigenvalue weighted by Crippen LogP contribution is 2.21. The van der Waals surface area contributed by atoms with E-state index in [-0.39, 0.29) is 0 Å². The number of rotatable bonds is 3. The molecule has 0 amide bonds. The lowest BCUT2D eigenvalue weighted by Gasteiger charge is -2.01. The maximum absolute atomic E-state index is 5.41. The maximum Gasteiger partial charge on any atom is 0.142 e. The number of para-hydroxylation sites is 1. The van der Waals surface area contributed by atoms with Gasteiger partial charge in [-0.05, 0) is 11.6 Å². The van der Waals surface area contributed by atoms with Gasteiger partial charge in [-0.3, -0.25) is 0 Å². The number of hydrogen-bond donors (Lipinski definition) is 1. The van der Waals surface area contributed by atoms with Gasteiger partial charge in [0.05, 0.1) is 6.54 Å². The largest absolute Gasteiger partial charge is 0.391 e. The van der Waals surface area contributed by atoms with Crippen LogP contribution in [0.3, 0.4) is 0 Å². The lowest BCUT2D eigenvalue weighted by atomic mass is 10.1. The molecule has 2 aromatic rings. The quantitative estimate of drug-likeness (QED) is 0.834. The van der Waals surface area contributed by atoms with Gasteiger partial charge in [0.25, 0.3) is 0 Å². The molecular formula is C15H14N2O. The number of oxime groups is 1. The molecule has 0 unspecified atom stereocenters. The Morgan fingerprint density at radius 2 is 1.78 bits per heavy atom. The zero-order valence-electron chi connectivity index (χ0n) is 9.97. The molecule has 3 heteroatoms. The van der Waals surface area contributed by atoms with Crippen LogP contribution in [0.15, 0.2) is 59.8 Å². The first kappa shape index (κ1) is 10.8. The highest BCUT2D eigenvalue weighted by Gasteiger charge is 2.16. The Kier molecular flexibility index (Phi) is 2.96. The number of benzene rings is 2. The van der Waals surface area contributed by atoms with Crippen LogP contribution in [-0.4, -0.2) is 12.3 Å². The van der Waals surface area contributed by atoms with Gasteiger partial charge >= 0.3 is 0 Å². The van der Waals surface area contributed by atoms with Crippen LogP contribution in [0.2, 0.25) is 0 Å². The first-order valence-electron chi connectivity index (χ1n) is 5.99. The second-order valence-corrected chi connectivity index (χ2v) is 4.20. The van der Waals surface area contributed by atoms with E-state index in [1.807, 2.05) is 42.5 Å². The van der Waals surface area contributed by atoms with Crippen molar-refractivity contribution in [2.24, 2.45) is 5.16 Å². The zero-order valence-corrected chi connectivity index (χ0v) is 9.97. The molecule has 0 aliphatic carbocycles. The van der Waals surface area contributed by atoms with Crippen molar-refractivity contribution in [2.75, 3.05) is 11.9 Å². The predicted octanol–water partition coefficient (Wildman–Crippen LogP) is 3.03. The van der Waals surface area contributed by atoms with Crippen LogP contribution in [0.25, 0.3) is 0 Å². The van der Waals surface area contributed by atoms with E-state index < -0.39 is 0 Å². The molecule has 90 valence electrons. The molecule has 3 nitrogen and oxygen atoms in total. The maximum atomic E-state index is 5.41. The van der Waals surface area contributed by atoms with Gasteiger partial charge < -0.3 is 10.2 Å². The second-order valence-electron chi connectivity index (χ2n) is 4.20. The minimum atomic E-state index is 0.506. The number of anilines is 1. The fourth-order valence-electron chi connectivity index (χ4n) is 2.00. The van der Waals surface area contributed by atoms with Crippen molar-refractivity contribution in [1.82, 2.24) is 0 Å². The van der Waals surface area contributed by atoms with Gasteiger partial charge in [0.2, 0.25) is 0 Å². The van der Waals surface area contributed by atoms with Gasteiger partial charge in [-0.15, -0.1) is 0 Å². The highest BCUT2D eigenvalue weighted by molar-refractivity contribution is 6.11. The van der Waals surface area contributed by atoms with Crippen LogP contribution in [0.4, 0.5) is 5.69 Å². The van der Waals surface area contributed by atoms with E-state index in [2.05, 4.69) is 22.6 Å². The molecule has 2 aromatic carbocycles. The first-order chi connectivity index (χ1) is 8.93. The Labute approximate surface area is 106 Å². The Balaban J connectivity index is 1.68. The summed E-state index contributed by atoms with van der Waals surface area (Å²) >= 11 is 0. The molecule has 0 aromatic heterocycles. The number of fused-ring (bicyclic) bond motifs is 1. The topological polar surface area (TPSA) is 33.6 Å². The molecule has 1 aliphatic heterocycles. The molecule has 0 bridgehead atoms. The molecule has 0 spiro atoms. The monoisotopic (exact) mass is 238 g/mol. The Morgan fingerprint density at radius 1 is 1.00 bits per heavy atom. The van der Waals surface area contributed by atoms with Gasteiger partial charge in [0.1, 0.15) is 12.3 Å². The van der Waals surface area contributed by atoms with Gasteiger partial charge in [-0.2, -0.15) is 0 Å². The van der Waals surface area contributed by atoms with E-state index in [1.165, 1.54) is 0 Å². The minimum Gasteiger partial charge on any atom is -0.391 e. The second kappa shape index (κ2) is 4.92. The third-order valence-corrected chi connectivity index (χ3v) is 2.93. The van der Waals surface area contributed by atoms with Crippen molar-refractivity contribution in [2.45, 2.75) is 6.61 Å². The van der Waals surface area contributed by atoms with Crippen LogP contribution < -0.4 is 5.32 Å². The average molecular weight is 238 g/mol. The van der Waals surface area contributed by atoms with Gasteiger partial charge in [-0.1, -0.05) is 53.7 Å². The van der Waals surface area contributed by atoms with Crippen LogP contribution in [0, 0.1) is 0 Å². The minimum absolute atomic E-state index is 0.506. The Bertz CT molecular complexity index is 564. The molecule has 0 saturated heterocycles. The van der Waals surface area contributed by atoms with Crippen molar-refractivity contribution < 1.29 is 4.84 Å². The standard InChI is InChI=1S/C15H14N2O/c1-2-6-12(7-3-1)11-18-17-15-10-16-14-9-5-4-8-13(14)15/h1-9,16H,10-11H2. The van der Waals surface area contributed by atoms with Crippen LogP contribution >= 0.6 is 0 Å². The summed E-state index contributed by atoms with van der Waals surface area (Å²) in [7, 11) is 0. The van der Waals surface area contributed by atoms with E-state index in [9.17, 15) is 0 Å². The molecule has 1 N–H and O–H groups in total. The number of nitrogens with one attached hydrogen (secondary N) is 1. The fraction of sp³-hybridized carbons (Fsp3) is 0.133. The molecule has 1 aliphatic rings. The van der Waals surface area contributed by atoms with Gasteiger partial charge in [0.15, 0.2) is 0 Å². The van der Waals surface area contributed by atoms with Crippen molar-refractivity contribution in [1.29, 1.82) is 0 Å². The summed E-state index contributed by atoms with van der Waals surface area (Å²) in [5.74, 6) is 0. The third-order valence-electron chi connectivity index (χ3n) is 2.93. The van der Waals surface area contributed by atoms with Gasteiger partial charge in [0, 0.05) is 11.3 Å². The lowest BCUT2D eigenvalue weighted by Crippen LogP contribution is -2.04. The Morgan fingerprint density at radius 3 is 2.67 bits per heavy atom. The number of nitrogens with zero attached hydrogens (tertiary/aromatic N) is 1. The summed E-state index contributed by atoms with van der Waals surface area (Å²) in [5, 5.41) is 7.50. The molecule has 3 rings (SSSR count). The summed E-state index contributed by atoms with van der Waals surface area (Å²) in [5.41, 5.74) is 4.34. The van der Waals surface area contributed by atoms with Crippen molar-refractivity contribution >= 4 is 11.4 Å². The van der Waals surface area contributed by atoms with Crippen molar-refractivity contribution in [3.8, 4) is 0 Å². The normalized spacial score (nSPS) is 15.2. The molecule has 0 fully saturated rings. The third kappa shape index (κ3) is 2.20. The van der Waals surface area contributed by atoms with Crippen molar-refractivity contribution in [3.05, 3.63) is 65.7 Å². The highest BCUT2D eigenvalue weighted by atomic mass is 16.6. The SMILES string of the molecule is c1ccc(CON=C2CNc3ccccc32)cc1. The average Bonchev–Trinajstić information content (AvgIpc) is 2.84. The fourth-order valence-corrected chi connectivity index (χ4v) is 2.00. The molecule has 0 saturated carbocycles. The van der Waals surface area contributed by atoms with Gasteiger partial charge in [-0.25, -0.2) is 0 Å². The van der Waals surface area contributed by atoms with Crippen LogP contribution in [-0.2, 0) is 11.4 Å². The summed E-state index contributed by atoms with van der Waals surface area (Å²) in [6.45, 7) is 1.24. The summed E-state index contributed by atoms with van der Waals surface area (Å²) in [6, 6.07) is 18.2. The molecular weight excluding hydrogens is 224 g/mol. The molecule has 1 heterocycles. The summed E-state index contributed by atoms with van der Waals surface area (Å²) < 4.78 is 0.